The number of hydrogen-bond donors (Lipinski definition) is 1. The Morgan fingerprint density at radius 1 is 1.50 bits per heavy atom. The smallest absolute Gasteiger partial charge is 0.254 e. The van der Waals surface area contributed by atoms with Crippen LogP contribution in [0.15, 0.2) is 22.7 Å². The molecule has 1 unspecified atom stereocenters. The Bertz CT molecular complexity index is 439. The summed E-state index contributed by atoms with van der Waals surface area (Å²) in [5.41, 5.74) is 1.84. The van der Waals surface area contributed by atoms with Crippen molar-refractivity contribution in [3.8, 4) is 0 Å². The van der Waals surface area contributed by atoms with Crippen molar-refractivity contribution in [1.29, 1.82) is 0 Å². The quantitative estimate of drug-likeness (QED) is 0.902. The van der Waals surface area contributed by atoms with E-state index in [0.29, 0.717) is 6.04 Å². The van der Waals surface area contributed by atoms with E-state index in [1.807, 2.05) is 37.1 Å². The highest BCUT2D eigenvalue weighted by molar-refractivity contribution is 9.10. The van der Waals surface area contributed by atoms with Crippen LogP contribution in [0.4, 0.5) is 0 Å². The van der Waals surface area contributed by atoms with Gasteiger partial charge in [0.05, 0.1) is 0 Å². The first kappa shape index (κ1) is 15.5. The van der Waals surface area contributed by atoms with Crippen molar-refractivity contribution >= 4 is 34.2 Å². The van der Waals surface area contributed by atoms with Crippen molar-refractivity contribution in [2.24, 2.45) is 0 Å². The molecule has 100 valence electrons. The summed E-state index contributed by atoms with van der Waals surface area (Å²) in [6.07, 6.45) is 1.04. The van der Waals surface area contributed by atoms with Crippen molar-refractivity contribution < 1.29 is 4.79 Å². The van der Waals surface area contributed by atoms with Crippen LogP contribution in [-0.2, 0) is 0 Å². The zero-order valence-electron chi connectivity index (χ0n) is 10.6. The van der Waals surface area contributed by atoms with Crippen molar-refractivity contribution in [2.45, 2.75) is 19.4 Å². The van der Waals surface area contributed by atoms with E-state index in [9.17, 15) is 4.79 Å². The van der Waals surface area contributed by atoms with Gasteiger partial charge in [-0.2, -0.15) is 0 Å². The standard InChI is InChI=1S/C13H17BrN2O.ClH/c1-9-3-4-10(14)7-12(9)13(17)16-6-5-11(8-16)15-2;/h3-4,7,11,15H,5-6,8H2,1-2H3;1H. The summed E-state index contributed by atoms with van der Waals surface area (Å²) in [7, 11) is 1.95. The molecule has 1 heterocycles. The number of carbonyl (C=O) groups is 1. The molecule has 1 aliphatic rings. The van der Waals surface area contributed by atoms with E-state index in [1.165, 1.54) is 0 Å². The number of nitrogens with zero attached hydrogens (tertiary/aromatic N) is 1. The van der Waals surface area contributed by atoms with E-state index in [-0.39, 0.29) is 18.3 Å². The SMILES string of the molecule is CNC1CCN(C(=O)c2cc(Br)ccc2C)C1.Cl. The normalized spacial score (nSPS) is 18.6. The third-order valence-electron chi connectivity index (χ3n) is 3.31. The Morgan fingerprint density at radius 3 is 2.83 bits per heavy atom. The maximum Gasteiger partial charge on any atom is 0.254 e. The Balaban J connectivity index is 0.00000162. The lowest BCUT2D eigenvalue weighted by Crippen LogP contribution is -2.33. The Kier molecular flexibility index (Phi) is 5.63. The number of aryl methyl sites for hydroxylation is 1. The zero-order valence-corrected chi connectivity index (χ0v) is 13.0. The van der Waals surface area contributed by atoms with Gasteiger partial charge in [0.1, 0.15) is 0 Å². The number of halogens is 2. The number of likely N-dealkylation sites (tertiary alicyclic amines) is 1. The number of benzene rings is 1. The second-order valence-corrected chi connectivity index (χ2v) is 5.40. The van der Waals surface area contributed by atoms with E-state index in [1.54, 1.807) is 0 Å². The molecule has 0 aliphatic carbocycles. The average molecular weight is 334 g/mol. The Hall–Kier alpha value is -0.580. The molecule has 0 spiro atoms. The molecule has 1 atom stereocenters. The fourth-order valence-electron chi connectivity index (χ4n) is 2.18. The van der Waals surface area contributed by atoms with Crippen LogP contribution in [0.25, 0.3) is 0 Å². The predicted molar refractivity (Wildman–Crippen MR) is 79.5 cm³/mol. The first-order valence-corrected chi connectivity index (χ1v) is 6.64. The minimum absolute atomic E-state index is 0. The van der Waals surface area contributed by atoms with Gasteiger partial charge in [0.15, 0.2) is 0 Å². The summed E-state index contributed by atoms with van der Waals surface area (Å²) in [5.74, 6) is 0.140. The van der Waals surface area contributed by atoms with Gasteiger partial charge in [0.25, 0.3) is 5.91 Å². The largest absolute Gasteiger partial charge is 0.337 e. The van der Waals surface area contributed by atoms with Crippen LogP contribution in [0.2, 0.25) is 0 Å². The van der Waals surface area contributed by atoms with E-state index >= 15 is 0 Å². The maximum absolute atomic E-state index is 12.4. The third kappa shape index (κ3) is 3.25. The van der Waals surface area contributed by atoms with E-state index in [2.05, 4.69) is 21.2 Å². The molecule has 2 rings (SSSR count). The third-order valence-corrected chi connectivity index (χ3v) is 3.81. The van der Waals surface area contributed by atoms with Crippen molar-refractivity contribution in [3.63, 3.8) is 0 Å². The monoisotopic (exact) mass is 332 g/mol. The molecule has 0 radical (unpaired) electrons. The molecule has 1 aromatic carbocycles. The van der Waals surface area contributed by atoms with Crippen molar-refractivity contribution in [2.75, 3.05) is 20.1 Å². The van der Waals surface area contributed by atoms with Crippen LogP contribution in [0, 0.1) is 6.92 Å². The van der Waals surface area contributed by atoms with Crippen molar-refractivity contribution in [1.82, 2.24) is 10.2 Å². The lowest BCUT2D eigenvalue weighted by molar-refractivity contribution is 0.0789. The van der Waals surface area contributed by atoms with Gasteiger partial charge in [-0.3, -0.25) is 4.79 Å². The maximum atomic E-state index is 12.4. The minimum Gasteiger partial charge on any atom is -0.337 e. The number of nitrogens with one attached hydrogen (secondary N) is 1. The van der Waals surface area contributed by atoms with Crippen molar-refractivity contribution in [3.05, 3.63) is 33.8 Å². The highest BCUT2D eigenvalue weighted by Crippen LogP contribution is 2.20. The highest BCUT2D eigenvalue weighted by Gasteiger charge is 2.26. The van der Waals surface area contributed by atoms with Crippen LogP contribution in [-0.4, -0.2) is 37.0 Å². The van der Waals surface area contributed by atoms with E-state index in [0.717, 1.165) is 35.1 Å². The lowest BCUT2D eigenvalue weighted by atomic mass is 10.1. The summed E-state index contributed by atoms with van der Waals surface area (Å²) < 4.78 is 0.954. The van der Waals surface area contributed by atoms with E-state index in [4.69, 9.17) is 0 Å². The van der Waals surface area contributed by atoms with E-state index < -0.39 is 0 Å². The number of amides is 1. The average Bonchev–Trinajstić information content (AvgIpc) is 2.80. The van der Waals surface area contributed by atoms with Crippen LogP contribution < -0.4 is 5.32 Å². The molecule has 3 nitrogen and oxygen atoms in total. The second-order valence-electron chi connectivity index (χ2n) is 4.48. The molecule has 1 N–H and O–H groups in total. The summed E-state index contributed by atoms with van der Waals surface area (Å²) in [6, 6.07) is 6.28. The molecule has 18 heavy (non-hydrogen) atoms. The van der Waals surface area contributed by atoms with Crippen LogP contribution in [0.5, 0.6) is 0 Å². The number of rotatable bonds is 2. The minimum atomic E-state index is 0. The van der Waals surface area contributed by atoms with Gasteiger partial charge in [0.2, 0.25) is 0 Å². The molecule has 0 saturated carbocycles. The Labute approximate surface area is 122 Å². The van der Waals surface area contributed by atoms with Gasteiger partial charge in [-0.15, -0.1) is 12.4 Å². The molecular formula is C13H18BrClN2O. The summed E-state index contributed by atoms with van der Waals surface area (Å²) in [6.45, 7) is 3.63. The molecule has 1 fully saturated rings. The fourth-order valence-corrected chi connectivity index (χ4v) is 2.54. The molecule has 0 aromatic heterocycles. The molecule has 1 aliphatic heterocycles. The molecule has 5 heteroatoms. The summed E-state index contributed by atoms with van der Waals surface area (Å²) in [4.78, 5) is 14.3. The lowest BCUT2D eigenvalue weighted by Gasteiger charge is -2.17. The molecule has 1 amide bonds. The first-order chi connectivity index (χ1) is 8.11. The van der Waals surface area contributed by atoms with Crippen LogP contribution >= 0.6 is 28.3 Å². The van der Waals surface area contributed by atoms with Crippen LogP contribution in [0.1, 0.15) is 22.3 Å². The van der Waals surface area contributed by atoms with Gasteiger partial charge in [-0.25, -0.2) is 0 Å². The van der Waals surface area contributed by atoms with Crippen LogP contribution in [0.3, 0.4) is 0 Å². The fraction of sp³-hybridized carbons (Fsp3) is 0.462. The molecule has 1 saturated heterocycles. The highest BCUT2D eigenvalue weighted by atomic mass is 79.9. The second kappa shape index (κ2) is 6.55. The zero-order chi connectivity index (χ0) is 12.4. The number of hydrogen-bond acceptors (Lipinski definition) is 2. The summed E-state index contributed by atoms with van der Waals surface area (Å²) in [5, 5.41) is 3.22. The van der Waals surface area contributed by atoms with Gasteiger partial charge in [0, 0.05) is 29.2 Å². The van der Waals surface area contributed by atoms with Gasteiger partial charge < -0.3 is 10.2 Å². The molecular weight excluding hydrogens is 316 g/mol. The van der Waals surface area contributed by atoms with Gasteiger partial charge in [-0.1, -0.05) is 22.0 Å². The molecule has 0 bridgehead atoms. The number of carbonyl (C=O) groups excluding carboxylic acids is 1. The Morgan fingerprint density at radius 2 is 2.22 bits per heavy atom. The summed E-state index contributed by atoms with van der Waals surface area (Å²) >= 11 is 3.42. The predicted octanol–water partition coefficient (Wildman–Crippen LogP) is 2.61. The first-order valence-electron chi connectivity index (χ1n) is 5.84. The number of likely N-dealkylation sites (N-methyl/N-ethyl adjacent to an activating group) is 1. The van der Waals surface area contributed by atoms with Gasteiger partial charge >= 0.3 is 0 Å². The topological polar surface area (TPSA) is 32.3 Å². The molecule has 1 aromatic rings. The van der Waals surface area contributed by atoms with Gasteiger partial charge in [-0.05, 0) is 38.1 Å².